The number of benzene rings is 1. The van der Waals surface area contributed by atoms with Crippen LogP contribution in [0, 0.1) is 5.41 Å². The maximum atomic E-state index is 12.0. The van der Waals surface area contributed by atoms with Crippen molar-refractivity contribution < 1.29 is 13.2 Å². The molecule has 1 heterocycles. The van der Waals surface area contributed by atoms with Crippen LogP contribution in [0.1, 0.15) is 20.8 Å². The van der Waals surface area contributed by atoms with E-state index in [1.54, 1.807) is 29.2 Å². The summed E-state index contributed by atoms with van der Waals surface area (Å²) in [5, 5.41) is 2.72. The molecule has 0 aliphatic carbocycles. The van der Waals surface area contributed by atoms with Gasteiger partial charge in [0.05, 0.1) is 5.75 Å². The Balaban J connectivity index is 2.07. The van der Waals surface area contributed by atoms with Crippen molar-refractivity contribution in [3.8, 4) is 0 Å². The smallest absolute Gasteiger partial charge is 0.321 e. The first kappa shape index (κ1) is 15.6. The molecule has 1 saturated heterocycles. The minimum Gasteiger partial charge on any atom is -0.336 e. The Morgan fingerprint density at radius 3 is 2.33 bits per heavy atom. The van der Waals surface area contributed by atoms with Gasteiger partial charge < -0.3 is 5.32 Å². The molecule has 0 aromatic heterocycles. The molecule has 2 amide bonds. The van der Waals surface area contributed by atoms with Crippen LogP contribution in [-0.4, -0.2) is 33.3 Å². The van der Waals surface area contributed by atoms with E-state index in [2.05, 4.69) is 10.0 Å². The van der Waals surface area contributed by atoms with Gasteiger partial charge in [-0.1, -0.05) is 20.8 Å². The molecule has 21 heavy (non-hydrogen) atoms. The highest BCUT2D eigenvalue weighted by molar-refractivity contribution is 7.92. The predicted octanol–water partition coefficient (Wildman–Crippen LogP) is 2.00. The second kappa shape index (κ2) is 5.55. The molecule has 1 aromatic carbocycles. The summed E-state index contributed by atoms with van der Waals surface area (Å²) >= 11 is 0. The van der Waals surface area contributed by atoms with E-state index in [0.29, 0.717) is 18.8 Å². The third kappa shape index (κ3) is 4.35. The second-order valence-corrected chi connectivity index (χ2v) is 8.07. The normalized spacial score (nSPS) is 16.0. The average Bonchev–Trinajstić information content (AvgIpc) is 2.72. The summed E-state index contributed by atoms with van der Waals surface area (Å²) in [6.45, 7) is 6.87. The van der Waals surface area contributed by atoms with Gasteiger partial charge in [-0.25, -0.2) is 13.2 Å². The van der Waals surface area contributed by atoms with Crippen molar-refractivity contribution >= 4 is 27.4 Å². The Morgan fingerprint density at radius 2 is 1.86 bits per heavy atom. The Bertz CT molecular complexity index is 618. The highest BCUT2D eigenvalue weighted by Gasteiger charge is 2.23. The third-order valence-corrected chi connectivity index (χ3v) is 4.72. The molecule has 0 saturated carbocycles. The molecule has 1 fully saturated rings. The van der Waals surface area contributed by atoms with Gasteiger partial charge in [-0.05, 0) is 29.7 Å². The van der Waals surface area contributed by atoms with Crippen LogP contribution in [0.3, 0.4) is 0 Å². The van der Waals surface area contributed by atoms with E-state index in [1.807, 2.05) is 20.8 Å². The lowest BCUT2D eigenvalue weighted by Gasteiger charge is -2.19. The Morgan fingerprint density at radius 1 is 1.24 bits per heavy atom. The van der Waals surface area contributed by atoms with E-state index >= 15 is 0 Å². The number of rotatable bonds is 4. The molecule has 0 spiro atoms. The predicted molar refractivity (Wildman–Crippen MR) is 84.1 cm³/mol. The van der Waals surface area contributed by atoms with Crippen LogP contribution < -0.4 is 14.9 Å². The summed E-state index contributed by atoms with van der Waals surface area (Å²) in [6, 6.07) is 6.68. The first-order valence-corrected chi connectivity index (χ1v) is 8.47. The molecule has 6 nitrogen and oxygen atoms in total. The average molecular weight is 311 g/mol. The zero-order valence-corrected chi connectivity index (χ0v) is 13.3. The standard InChI is InChI=1S/C14H21N3O3S/c1-14(2,3)10-21(19,20)16-11-4-6-12(7-5-11)17-9-8-15-13(17)18/h4-7,16H,8-10H2,1-3H3,(H,15,18). The van der Waals surface area contributed by atoms with E-state index in [9.17, 15) is 13.2 Å². The number of nitrogens with one attached hydrogen (secondary N) is 2. The maximum Gasteiger partial charge on any atom is 0.321 e. The van der Waals surface area contributed by atoms with Gasteiger partial charge in [-0.2, -0.15) is 0 Å². The van der Waals surface area contributed by atoms with Crippen molar-refractivity contribution in [1.29, 1.82) is 0 Å². The lowest BCUT2D eigenvalue weighted by Crippen LogP contribution is -2.28. The van der Waals surface area contributed by atoms with E-state index in [-0.39, 0.29) is 17.2 Å². The van der Waals surface area contributed by atoms with Crippen LogP contribution in [0.4, 0.5) is 16.2 Å². The molecule has 0 bridgehead atoms. The third-order valence-electron chi connectivity index (χ3n) is 2.93. The van der Waals surface area contributed by atoms with Gasteiger partial charge >= 0.3 is 6.03 Å². The van der Waals surface area contributed by atoms with E-state index in [0.717, 1.165) is 5.69 Å². The van der Waals surface area contributed by atoms with E-state index in [1.165, 1.54) is 0 Å². The van der Waals surface area contributed by atoms with Crippen molar-refractivity contribution in [2.24, 2.45) is 5.41 Å². The van der Waals surface area contributed by atoms with Gasteiger partial charge in [-0.3, -0.25) is 9.62 Å². The Labute approximate surface area is 125 Å². The summed E-state index contributed by atoms with van der Waals surface area (Å²) in [5.41, 5.74) is 0.950. The second-order valence-electron chi connectivity index (χ2n) is 6.35. The fourth-order valence-electron chi connectivity index (χ4n) is 2.21. The van der Waals surface area contributed by atoms with Gasteiger partial charge in [0, 0.05) is 24.5 Å². The Hall–Kier alpha value is -1.76. The highest BCUT2D eigenvalue weighted by Crippen LogP contribution is 2.22. The molecule has 0 radical (unpaired) electrons. The summed E-state index contributed by atoms with van der Waals surface area (Å²) in [4.78, 5) is 13.2. The monoisotopic (exact) mass is 311 g/mol. The molecular formula is C14H21N3O3S. The van der Waals surface area contributed by atoms with Crippen molar-refractivity contribution in [2.75, 3.05) is 28.5 Å². The molecule has 2 N–H and O–H groups in total. The fraction of sp³-hybridized carbons (Fsp3) is 0.500. The van der Waals surface area contributed by atoms with Crippen LogP contribution in [-0.2, 0) is 10.0 Å². The van der Waals surface area contributed by atoms with E-state index < -0.39 is 10.0 Å². The van der Waals surface area contributed by atoms with Crippen LogP contribution in [0.25, 0.3) is 0 Å². The highest BCUT2D eigenvalue weighted by atomic mass is 32.2. The first-order chi connectivity index (χ1) is 9.66. The number of carbonyl (C=O) groups excluding carboxylic acids is 1. The first-order valence-electron chi connectivity index (χ1n) is 6.82. The summed E-state index contributed by atoms with van der Waals surface area (Å²) in [6.07, 6.45) is 0. The van der Waals surface area contributed by atoms with Gasteiger partial charge in [-0.15, -0.1) is 0 Å². The summed E-state index contributed by atoms with van der Waals surface area (Å²) in [7, 11) is -3.38. The molecule has 1 aromatic rings. The van der Waals surface area contributed by atoms with Gasteiger partial charge in [0.1, 0.15) is 0 Å². The number of hydrogen-bond acceptors (Lipinski definition) is 3. The number of nitrogens with zero attached hydrogens (tertiary/aromatic N) is 1. The number of carbonyl (C=O) groups is 1. The van der Waals surface area contributed by atoms with Crippen molar-refractivity contribution in [3.63, 3.8) is 0 Å². The lowest BCUT2D eigenvalue weighted by atomic mass is 10.0. The minimum absolute atomic E-state index is 0.0519. The molecule has 0 unspecified atom stereocenters. The number of urea groups is 1. The zero-order chi connectivity index (χ0) is 15.7. The van der Waals surface area contributed by atoms with Crippen LogP contribution in [0.2, 0.25) is 0 Å². The molecule has 1 aliphatic heterocycles. The Kier molecular flexibility index (Phi) is 4.13. The van der Waals surface area contributed by atoms with Crippen molar-refractivity contribution in [3.05, 3.63) is 24.3 Å². The molecule has 1 aliphatic rings. The quantitative estimate of drug-likeness (QED) is 0.892. The molecular weight excluding hydrogens is 290 g/mol. The van der Waals surface area contributed by atoms with E-state index in [4.69, 9.17) is 0 Å². The largest absolute Gasteiger partial charge is 0.336 e. The fourth-order valence-corrected chi connectivity index (χ4v) is 3.92. The topological polar surface area (TPSA) is 78.5 Å². The number of sulfonamides is 1. The molecule has 7 heteroatoms. The van der Waals surface area contributed by atoms with Gasteiger partial charge in [0.15, 0.2) is 0 Å². The van der Waals surface area contributed by atoms with Gasteiger partial charge in [0.25, 0.3) is 0 Å². The van der Waals surface area contributed by atoms with Crippen molar-refractivity contribution in [1.82, 2.24) is 5.32 Å². The lowest BCUT2D eigenvalue weighted by molar-refractivity contribution is 0.252. The van der Waals surface area contributed by atoms with Crippen LogP contribution in [0.15, 0.2) is 24.3 Å². The number of anilines is 2. The summed E-state index contributed by atoms with van der Waals surface area (Å²) < 4.78 is 26.6. The van der Waals surface area contributed by atoms with Crippen LogP contribution in [0.5, 0.6) is 0 Å². The minimum atomic E-state index is -3.38. The molecule has 2 rings (SSSR count). The molecule has 116 valence electrons. The molecule has 0 atom stereocenters. The van der Waals surface area contributed by atoms with Gasteiger partial charge in [0.2, 0.25) is 10.0 Å². The van der Waals surface area contributed by atoms with Crippen LogP contribution >= 0.6 is 0 Å². The maximum absolute atomic E-state index is 12.0. The number of hydrogen-bond donors (Lipinski definition) is 2. The van der Waals surface area contributed by atoms with Crippen molar-refractivity contribution in [2.45, 2.75) is 20.8 Å². The number of amides is 2. The SMILES string of the molecule is CC(C)(C)CS(=O)(=O)Nc1ccc(N2CCNC2=O)cc1. The summed E-state index contributed by atoms with van der Waals surface area (Å²) in [5.74, 6) is 0.0519. The zero-order valence-electron chi connectivity index (χ0n) is 12.5.